The van der Waals surface area contributed by atoms with E-state index in [-0.39, 0.29) is 24.2 Å². The lowest BCUT2D eigenvalue weighted by Gasteiger charge is -2.31. The smallest absolute Gasteiger partial charge is 0.261 e. The van der Waals surface area contributed by atoms with Crippen molar-refractivity contribution >= 4 is 23.2 Å². The first kappa shape index (κ1) is 28.4. The zero-order chi connectivity index (χ0) is 30.4. The number of fused-ring (bicyclic) bond motifs is 1. The van der Waals surface area contributed by atoms with E-state index in [1.165, 1.54) is 11.0 Å². The van der Waals surface area contributed by atoms with E-state index < -0.39 is 11.7 Å². The van der Waals surface area contributed by atoms with Crippen molar-refractivity contribution in [1.29, 1.82) is 0 Å². The number of carbonyl (C=O) groups excluding carboxylic acids is 1. The SMILES string of the molecule is Nc1nc(Cc2ccc(N3CCC(O)CC3)cc2)nc(-c2cccc(N3CCc4cc(C5CC5)cc(F)c4C3=O)c2CO)n1. The van der Waals surface area contributed by atoms with E-state index in [1.807, 2.05) is 18.2 Å². The Labute approximate surface area is 255 Å². The van der Waals surface area contributed by atoms with Gasteiger partial charge in [0.15, 0.2) is 5.82 Å². The Hall–Kier alpha value is -4.41. The molecular weight excluding hydrogens is 559 g/mol. The molecule has 0 spiro atoms. The Morgan fingerprint density at radius 2 is 1.73 bits per heavy atom. The van der Waals surface area contributed by atoms with Crippen LogP contribution in [-0.4, -0.2) is 56.8 Å². The van der Waals surface area contributed by atoms with Gasteiger partial charge in [-0.15, -0.1) is 0 Å². The molecule has 0 radical (unpaired) electrons. The summed E-state index contributed by atoms with van der Waals surface area (Å²) in [5.74, 6) is 0.322. The first-order chi connectivity index (χ1) is 21.4. The van der Waals surface area contributed by atoms with Gasteiger partial charge in [0.05, 0.1) is 24.0 Å². The van der Waals surface area contributed by atoms with Gasteiger partial charge in [0.25, 0.3) is 5.91 Å². The van der Waals surface area contributed by atoms with Crippen LogP contribution in [0.15, 0.2) is 54.6 Å². The number of hydrogen-bond donors (Lipinski definition) is 3. The van der Waals surface area contributed by atoms with Crippen molar-refractivity contribution in [3.8, 4) is 11.4 Å². The van der Waals surface area contributed by atoms with Gasteiger partial charge in [0.2, 0.25) is 5.95 Å². The number of anilines is 3. The van der Waals surface area contributed by atoms with Gasteiger partial charge in [-0.3, -0.25) is 4.79 Å². The number of rotatable bonds is 7. The van der Waals surface area contributed by atoms with Gasteiger partial charge < -0.3 is 25.7 Å². The molecule has 3 aromatic carbocycles. The minimum Gasteiger partial charge on any atom is -0.393 e. The van der Waals surface area contributed by atoms with Gasteiger partial charge in [-0.25, -0.2) is 9.37 Å². The third kappa shape index (κ3) is 5.51. The summed E-state index contributed by atoms with van der Waals surface area (Å²) in [5.41, 5.74) is 11.6. The number of halogens is 1. The van der Waals surface area contributed by atoms with E-state index in [9.17, 15) is 15.0 Å². The minimum absolute atomic E-state index is 0.0549. The fraction of sp³-hybridized carbons (Fsp3) is 0.353. The molecule has 226 valence electrons. The van der Waals surface area contributed by atoms with Crippen molar-refractivity contribution in [3.05, 3.63) is 94.1 Å². The molecule has 3 aliphatic rings. The second-order valence-electron chi connectivity index (χ2n) is 12.0. The molecule has 4 N–H and O–H groups in total. The summed E-state index contributed by atoms with van der Waals surface area (Å²) in [4.78, 5) is 30.9. The van der Waals surface area contributed by atoms with Gasteiger partial charge >= 0.3 is 0 Å². The molecular formula is C34H35FN6O3. The van der Waals surface area contributed by atoms with Crippen LogP contribution >= 0.6 is 0 Å². The summed E-state index contributed by atoms with van der Waals surface area (Å²) < 4.78 is 15.2. The van der Waals surface area contributed by atoms with E-state index in [0.29, 0.717) is 53.8 Å². The number of benzene rings is 3. The van der Waals surface area contributed by atoms with E-state index in [2.05, 4.69) is 27.0 Å². The molecule has 0 bridgehead atoms. The number of nitrogen functional groups attached to an aromatic ring is 1. The molecule has 1 saturated carbocycles. The number of hydrogen-bond acceptors (Lipinski definition) is 8. The molecule has 3 heterocycles. The standard InChI is InChI=1S/C34H35FN6O3/c35-28-18-23(21-6-7-21)17-22-10-15-41(33(44)31(22)28)29-3-1-2-26(27(29)19-42)32-37-30(38-34(36)39-32)16-20-4-8-24(9-5-20)40-13-11-25(43)12-14-40/h1-5,8-9,17-18,21,25,42-43H,6-7,10-16,19H2,(H2,36,37,38,39). The van der Waals surface area contributed by atoms with Crippen LogP contribution in [0.1, 0.15) is 70.0 Å². The molecule has 1 amide bonds. The molecule has 44 heavy (non-hydrogen) atoms. The van der Waals surface area contributed by atoms with Crippen LogP contribution in [0, 0.1) is 5.82 Å². The quantitative estimate of drug-likeness (QED) is 0.288. The number of carbonyl (C=O) groups is 1. The number of nitrogens with two attached hydrogens (primary N) is 1. The molecule has 10 heteroatoms. The molecule has 2 fully saturated rings. The average molecular weight is 595 g/mol. The molecule has 2 aliphatic heterocycles. The van der Waals surface area contributed by atoms with Crippen LogP contribution in [-0.2, 0) is 19.4 Å². The van der Waals surface area contributed by atoms with Gasteiger partial charge in [-0.05, 0) is 79.0 Å². The first-order valence-corrected chi connectivity index (χ1v) is 15.3. The Morgan fingerprint density at radius 1 is 0.955 bits per heavy atom. The van der Waals surface area contributed by atoms with Crippen molar-refractivity contribution in [1.82, 2.24) is 15.0 Å². The largest absolute Gasteiger partial charge is 0.393 e. The highest BCUT2D eigenvalue weighted by atomic mass is 19.1. The zero-order valence-corrected chi connectivity index (χ0v) is 24.4. The summed E-state index contributed by atoms with van der Waals surface area (Å²) >= 11 is 0. The van der Waals surface area contributed by atoms with Gasteiger partial charge in [0, 0.05) is 42.9 Å². The number of aliphatic hydroxyl groups excluding tert-OH is 2. The van der Waals surface area contributed by atoms with Crippen molar-refractivity contribution < 1.29 is 19.4 Å². The Kier molecular flexibility index (Phi) is 7.47. The monoisotopic (exact) mass is 594 g/mol. The Bertz CT molecular complexity index is 1720. The molecule has 7 rings (SSSR count). The normalized spacial score (nSPS) is 17.2. The van der Waals surface area contributed by atoms with E-state index >= 15 is 4.39 Å². The molecule has 1 saturated heterocycles. The fourth-order valence-corrected chi connectivity index (χ4v) is 6.45. The molecule has 1 aromatic heterocycles. The molecule has 0 unspecified atom stereocenters. The Morgan fingerprint density at radius 3 is 2.45 bits per heavy atom. The van der Waals surface area contributed by atoms with Crippen molar-refractivity contribution in [3.63, 3.8) is 0 Å². The number of aliphatic hydroxyl groups is 2. The highest BCUT2D eigenvalue weighted by Crippen LogP contribution is 2.42. The topological polar surface area (TPSA) is 129 Å². The second kappa shape index (κ2) is 11.6. The number of aromatic nitrogens is 3. The summed E-state index contributed by atoms with van der Waals surface area (Å²) in [6, 6.07) is 17.0. The third-order valence-electron chi connectivity index (χ3n) is 8.98. The maximum absolute atomic E-state index is 15.2. The molecule has 4 aromatic rings. The van der Waals surface area contributed by atoms with Crippen LogP contribution in [0.5, 0.6) is 0 Å². The predicted octanol–water partition coefficient (Wildman–Crippen LogP) is 4.38. The van der Waals surface area contributed by atoms with E-state index in [1.54, 1.807) is 18.2 Å². The van der Waals surface area contributed by atoms with Gasteiger partial charge in [-0.1, -0.05) is 30.3 Å². The fourth-order valence-electron chi connectivity index (χ4n) is 6.45. The lowest BCUT2D eigenvalue weighted by atomic mass is 9.93. The second-order valence-corrected chi connectivity index (χ2v) is 12.0. The highest BCUT2D eigenvalue weighted by molar-refractivity contribution is 6.09. The number of piperidine rings is 1. The highest BCUT2D eigenvalue weighted by Gasteiger charge is 2.33. The number of nitrogens with zero attached hydrogens (tertiary/aromatic N) is 5. The lowest BCUT2D eigenvalue weighted by Crippen LogP contribution is -2.39. The minimum atomic E-state index is -0.488. The maximum atomic E-state index is 15.2. The first-order valence-electron chi connectivity index (χ1n) is 15.3. The van der Waals surface area contributed by atoms with Crippen molar-refractivity contribution in [2.45, 2.75) is 57.2 Å². The van der Waals surface area contributed by atoms with Gasteiger partial charge in [0.1, 0.15) is 11.6 Å². The lowest BCUT2D eigenvalue weighted by molar-refractivity contribution is 0.0976. The van der Waals surface area contributed by atoms with Crippen LogP contribution in [0.25, 0.3) is 11.4 Å². The van der Waals surface area contributed by atoms with Crippen molar-refractivity contribution in [2.24, 2.45) is 0 Å². The average Bonchev–Trinajstić information content (AvgIpc) is 3.87. The van der Waals surface area contributed by atoms with E-state index in [0.717, 1.165) is 61.2 Å². The predicted molar refractivity (Wildman–Crippen MR) is 166 cm³/mol. The van der Waals surface area contributed by atoms with Gasteiger partial charge in [-0.2, -0.15) is 9.97 Å². The van der Waals surface area contributed by atoms with Crippen LogP contribution in [0.2, 0.25) is 0 Å². The summed E-state index contributed by atoms with van der Waals surface area (Å²) in [7, 11) is 0. The van der Waals surface area contributed by atoms with Crippen LogP contribution in [0.4, 0.5) is 21.7 Å². The summed E-state index contributed by atoms with van der Waals surface area (Å²) in [5, 5.41) is 20.3. The maximum Gasteiger partial charge on any atom is 0.261 e. The van der Waals surface area contributed by atoms with Crippen LogP contribution < -0.4 is 15.5 Å². The molecule has 0 atom stereocenters. The van der Waals surface area contributed by atoms with Crippen molar-refractivity contribution in [2.75, 3.05) is 35.2 Å². The van der Waals surface area contributed by atoms with E-state index in [4.69, 9.17) is 10.7 Å². The number of amides is 1. The summed E-state index contributed by atoms with van der Waals surface area (Å²) in [6.45, 7) is 1.65. The summed E-state index contributed by atoms with van der Waals surface area (Å²) in [6.07, 6.45) is 4.38. The Balaban J connectivity index is 1.15. The molecule has 9 nitrogen and oxygen atoms in total. The third-order valence-corrected chi connectivity index (χ3v) is 8.98. The zero-order valence-electron chi connectivity index (χ0n) is 24.4. The molecule has 1 aliphatic carbocycles. The van der Waals surface area contributed by atoms with Crippen LogP contribution in [0.3, 0.4) is 0 Å².